The Balaban J connectivity index is 1.42. The second kappa shape index (κ2) is 6.89. The maximum absolute atomic E-state index is 12.8. The van der Waals surface area contributed by atoms with Crippen molar-refractivity contribution in [3.63, 3.8) is 0 Å². The minimum atomic E-state index is -4.51. The molecule has 2 fully saturated rings. The van der Waals surface area contributed by atoms with Gasteiger partial charge in [0.25, 0.3) is 0 Å². The van der Waals surface area contributed by atoms with E-state index in [2.05, 4.69) is 20.6 Å². The number of hydrogen-bond acceptors (Lipinski definition) is 3. The van der Waals surface area contributed by atoms with Crippen LogP contribution in [0.25, 0.3) is 11.0 Å². The lowest BCUT2D eigenvalue weighted by atomic mass is 9.75. The number of nitrogens with zero attached hydrogens (tertiary/aromatic N) is 1. The minimum Gasteiger partial charge on any atom is -0.384 e. The van der Waals surface area contributed by atoms with E-state index in [-0.39, 0.29) is 28.8 Å². The summed E-state index contributed by atoms with van der Waals surface area (Å²) in [6.07, 6.45) is -0.983. The molecule has 1 saturated heterocycles. The molecular weight excluding hydrogens is 381 g/mol. The summed E-state index contributed by atoms with van der Waals surface area (Å²) in [5.41, 5.74) is 1.20. The van der Waals surface area contributed by atoms with Crippen molar-refractivity contribution in [3.05, 3.63) is 24.0 Å². The third-order valence-electron chi connectivity index (χ3n) is 5.51. The zero-order valence-corrected chi connectivity index (χ0v) is 15.2. The molecule has 4 atom stereocenters. The molecule has 0 bridgehead atoms. The normalized spacial score (nSPS) is 28.7. The number of amides is 1. The monoisotopic (exact) mass is 400 g/mol. The van der Waals surface area contributed by atoms with Gasteiger partial charge < -0.3 is 15.6 Å². The highest BCUT2D eigenvalue weighted by molar-refractivity contribution is 6.20. The fraction of sp³-hybridized carbons (Fsp3) is 0.556. The Hall–Kier alpha value is -1.96. The largest absolute Gasteiger partial charge is 0.449 e. The van der Waals surface area contributed by atoms with Crippen LogP contribution in [0.15, 0.2) is 18.2 Å². The lowest BCUT2D eigenvalue weighted by Crippen LogP contribution is -2.53. The van der Waals surface area contributed by atoms with Crippen LogP contribution in [0.2, 0.25) is 0 Å². The molecule has 2 aliphatic rings. The first-order chi connectivity index (χ1) is 12.8. The van der Waals surface area contributed by atoms with Gasteiger partial charge in [0.1, 0.15) is 0 Å². The smallest absolute Gasteiger partial charge is 0.384 e. The molecule has 4 unspecified atom stereocenters. The molecule has 2 heterocycles. The number of alkyl halides is 4. The van der Waals surface area contributed by atoms with Gasteiger partial charge in [-0.05, 0) is 49.8 Å². The molecule has 0 spiro atoms. The standard InChI is InChI=1S/C18H20ClF3N4O/c19-11-1-3-13-9(6-11)5-10(16(27)24-13)8-23-12-2-4-14-15(7-12)26-17(25-14)18(20,21)22/h2,4,7,9-11,13,23H,1,3,5-6,8H2,(H,24,27)(H,25,26). The first-order valence-electron chi connectivity index (χ1n) is 9.05. The van der Waals surface area contributed by atoms with Gasteiger partial charge in [0.2, 0.25) is 11.7 Å². The van der Waals surface area contributed by atoms with Crippen LogP contribution < -0.4 is 10.6 Å². The second-order valence-electron chi connectivity index (χ2n) is 7.41. The van der Waals surface area contributed by atoms with Crippen molar-refractivity contribution < 1.29 is 18.0 Å². The van der Waals surface area contributed by atoms with Gasteiger partial charge in [-0.1, -0.05) is 0 Å². The molecular formula is C18H20ClF3N4O. The number of carbonyl (C=O) groups is 1. The number of aromatic amines is 1. The van der Waals surface area contributed by atoms with Crippen molar-refractivity contribution in [1.82, 2.24) is 15.3 Å². The van der Waals surface area contributed by atoms with Gasteiger partial charge in [0, 0.05) is 23.7 Å². The third kappa shape index (κ3) is 3.85. The number of nitrogens with one attached hydrogen (secondary N) is 3. The maximum Gasteiger partial charge on any atom is 0.449 e. The van der Waals surface area contributed by atoms with Crippen LogP contribution in [0.5, 0.6) is 0 Å². The molecule has 1 amide bonds. The van der Waals surface area contributed by atoms with Gasteiger partial charge >= 0.3 is 6.18 Å². The Bertz CT molecular complexity index is 853. The Labute approximate surface area is 159 Å². The Morgan fingerprint density at radius 1 is 1.26 bits per heavy atom. The van der Waals surface area contributed by atoms with E-state index >= 15 is 0 Å². The van der Waals surface area contributed by atoms with Gasteiger partial charge in [0.15, 0.2) is 0 Å². The number of carbonyl (C=O) groups excluding carboxylic acids is 1. The van der Waals surface area contributed by atoms with Gasteiger partial charge in [-0.15, -0.1) is 11.6 Å². The van der Waals surface area contributed by atoms with E-state index in [0.717, 1.165) is 25.7 Å². The average Bonchev–Trinajstić information content (AvgIpc) is 3.04. The molecule has 0 radical (unpaired) electrons. The fourth-order valence-electron chi connectivity index (χ4n) is 4.10. The van der Waals surface area contributed by atoms with Crippen molar-refractivity contribution in [1.29, 1.82) is 0 Å². The van der Waals surface area contributed by atoms with Crippen molar-refractivity contribution in [2.75, 3.05) is 11.9 Å². The summed E-state index contributed by atoms with van der Waals surface area (Å²) < 4.78 is 38.3. The lowest BCUT2D eigenvalue weighted by molar-refractivity contribution is -0.144. The predicted molar refractivity (Wildman–Crippen MR) is 96.6 cm³/mol. The number of benzene rings is 1. The van der Waals surface area contributed by atoms with E-state index in [4.69, 9.17) is 11.6 Å². The molecule has 2 aromatic rings. The van der Waals surface area contributed by atoms with Crippen molar-refractivity contribution in [2.45, 2.75) is 43.3 Å². The molecule has 1 aromatic heterocycles. The molecule has 1 aliphatic carbocycles. The molecule has 1 saturated carbocycles. The van der Waals surface area contributed by atoms with Crippen molar-refractivity contribution in [3.8, 4) is 0 Å². The highest BCUT2D eigenvalue weighted by Gasteiger charge is 2.39. The van der Waals surface area contributed by atoms with Gasteiger partial charge in [0.05, 0.1) is 17.0 Å². The fourth-order valence-corrected chi connectivity index (χ4v) is 4.46. The van der Waals surface area contributed by atoms with Crippen molar-refractivity contribution >= 4 is 34.2 Å². The van der Waals surface area contributed by atoms with Gasteiger partial charge in [-0.2, -0.15) is 13.2 Å². The maximum atomic E-state index is 12.8. The van der Waals surface area contributed by atoms with Crippen LogP contribution >= 0.6 is 11.6 Å². The molecule has 5 nitrogen and oxygen atoms in total. The third-order valence-corrected chi connectivity index (χ3v) is 5.90. The van der Waals surface area contributed by atoms with Crippen molar-refractivity contribution in [2.24, 2.45) is 11.8 Å². The number of halogens is 4. The van der Waals surface area contributed by atoms with E-state index in [0.29, 0.717) is 23.7 Å². The summed E-state index contributed by atoms with van der Waals surface area (Å²) >= 11 is 6.27. The first-order valence-corrected chi connectivity index (χ1v) is 9.48. The molecule has 4 rings (SSSR count). The summed E-state index contributed by atoms with van der Waals surface area (Å²) in [4.78, 5) is 18.2. The first kappa shape index (κ1) is 18.4. The van der Waals surface area contributed by atoms with Crippen LogP contribution in [0, 0.1) is 11.8 Å². The molecule has 1 aliphatic heterocycles. The summed E-state index contributed by atoms with van der Waals surface area (Å²) in [6, 6.07) is 4.99. The Morgan fingerprint density at radius 2 is 2.07 bits per heavy atom. The summed E-state index contributed by atoms with van der Waals surface area (Å²) in [5, 5.41) is 6.43. The van der Waals surface area contributed by atoms with Crippen LogP contribution in [0.1, 0.15) is 31.5 Å². The SMILES string of the molecule is O=C1NC2CCC(Cl)CC2CC1CNc1ccc2nc(C(F)(F)F)[nH]c2c1. The van der Waals surface area contributed by atoms with Crippen LogP contribution in [0.4, 0.5) is 18.9 Å². The van der Waals surface area contributed by atoms with Gasteiger partial charge in [-0.3, -0.25) is 4.79 Å². The molecule has 27 heavy (non-hydrogen) atoms. The molecule has 9 heteroatoms. The highest BCUT2D eigenvalue weighted by Crippen LogP contribution is 2.36. The number of imidazole rings is 1. The van der Waals surface area contributed by atoms with E-state index in [1.807, 2.05) is 0 Å². The summed E-state index contributed by atoms with van der Waals surface area (Å²) in [7, 11) is 0. The van der Waals surface area contributed by atoms with Gasteiger partial charge in [-0.25, -0.2) is 4.98 Å². The average molecular weight is 401 g/mol. The van der Waals surface area contributed by atoms with E-state index < -0.39 is 12.0 Å². The topological polar surface area (TPSA) is 69.8 Å². The quantitative estimate of drug-likeness (QED) is 0.684. The van der Waals surface area contributed by atoms with Crippen LogP contribution in [0.3, 0.4) is 0 Å². The summed E-state index contributed by atoms with van der Waals surface area (Å²) in [5.74, 6) is -0.786. The van der Waals surface area contributed by atoms with Crippen LogP contribution in [-0.4, -0.2) is 33.8 Å². The second-order valence-corrected chi connectivity index (χ2v) is 8.03. The van der Waals surface area contributed by atoms with E-state index in [1.165, 1.54) is 6.07 Å². The number of piperidine rings is 1. The summed E-state index contributed by atoms with van der Waals surface area (Å²) in [6.45, 7) is 0.424. The number of fused-ring (bicyclic) bond motifs is 2. The minimum absolute atomic E-state index is 0.0266. The number of rotatable bonds is 3. The predicted octanol–water partition coefficient (Wildman–Crippen LogP) is 3.91. The zero-order valence-electron chi connectivity index (χ0n) is 14.4. The number of hydrogen-bond donors (Lipinski definition) is 3. The number of H-pyrrole nitrogens is 1. The molecule has 1 aromatic carbocycles. The lowest BCUT2D eigenvalue weighted by Gasteiger charge is -2.41. The Morgan fingerprint density at radius 3 is 2.85 bits per heavy atom. The van der Waals surface area contributed by atoms with E-state index in [9.17, 15) is 18.0 Å². The van der Waals surface area contributed by atoms with E-state index in [1.54, 1.807) is 12.1 Å². The number of anilines is 1. The molecule has 146 valence electrons. The molecule has 3 N–H and O–H groups in total. The highest BCUT2D eigenvalue weighted by atomic mass is 35.5. The van der Waals surface area contributed by atoms with Crippen LogP contribution in [-0.2, 0) is 11.0 Å². The zero-order chi connectivity index (χ0) is 19.2. The Kier molecular flexibility index (Phi) is 4.70. The number of aromatic nitrogens is 2.